The van der Waals surface area contributed by atoms with Crippen molar-refractivity contribution in [2.24, 2.45) is 10.9 Å². The van der Waals surface area contributed by atoms with Crippen LogP contribution in [0, 0.1) is 0 Å². The summed E-state index contributed by atoms with van der Waals surface area (Å²) in [4.78, 5) is 16.2. The molecule has 0 amide bonds. The molecule has 17 heavy (non-hydrogen) atoms. The van der Waals surface area contributed by atoms with Crippen LogP contribution in [0.3, 0.4) is 0 Å². The summed E-state index contributed by atoms with van der Waals surface area (Å²) in [7, 11) is 0. The average molecular weight is 248 g/mol. The molecule has 8 heteroatoms. The van der Waals surface area contributed by atoms with Gasteiger partial charge < -0.3 is 10.9 Å². The Hall–Kier alpha value is -2.22. The van der Waals surface area contributed by atoms with Gasteiger partial charge >= 0.3 is 0 Å². The molecule has 86 valence electrons. The molecule has 0 aromatic carbocycles. The minimum atomic E-state index is -0.0617. The molecular formula is C9H8N6OS. The Bertz CT molecular complexity index is 532. The summed E-state index contributed by atoms with van der Waals surface area (Å²) in [5.74, 6) is -0.0617. The van der Waals surface area contributed by atoms with E-state index in [4.69, 9.17) is 10.9 Å². The van der Waals surface area contributed by atoms with Crippen LogP contribution in [0.1, 0.15) is 5.69 Å². The highest BCUT2D eigenvalue weighted by molar-refractivity contribution is 7.99. The first-order chi connectivity index (χ1) is 8.29. The molecule has 2 rings (SSSR count). The molecule has 0 aliphatic carbocycles. The lowest BCUT2D eigenvalue weighted by molar-refractivity contribution is 0.318. The zero-order valence-corrected chi connectivity index (χ0v) is 9.37. The predicted octanol–water partition coefficient (Wildman–Crippen LogP) is 0.512. The van der Waals surface area contributed by atoms with Gasteiger partial charge in [-0.1, -0.05) is 5.16 Å². The second-order valence-corrected chi connectivity index (χ2v) is 3.84. The molecule has 0 fully saturated rings. The Morgan fingerprint density at radius 2 is 2.18 bits per heavy atom. The van der Waals surface area contributed by atoms with E-state index in [1.807, 2.05) is 0 Å². The number of hydrogen-bond donors (Lipinski definition) is 2. The van der Waals surface area contributed by atoms with Crippen molar-refractivity contribution in [3.63, 3.8) is 0 Å². The van der Waals surface area contributed by atoms with E-state index < -0.39 is 0 Å². The summed E-state index contributed by atoms with van der Waals surface area (Å²) in [6, 6.07) is 1.55. The predicted molar refractivity (Wildman–Crippen MR) is 60.7 cm³/mol. The van der Waals surface area contributed by atoms with Crippen LogP contribution in [-0.2, 0) is 0 Å². The molecule has 0 saturated heterocycles. The van der Waals surface area contributed by atoms with E-state index in [1.165, 1.54) is 18.0 Å². The maximum absolute atomic E-state index is 8.54. The Labute approximate surface area is 101 Å². The molecule has 0 unspecified atom stereocenters. The van der Waals surface area contributed by atoms with Gasteiger partial charge in [-0.05, 0) is 17.8 Å². The van der Waals surface area contributed by atoms with Crippen LogP contribution in [0.15, 0.2) is 46.2 Å². The number of nitrogens with two attached hydrogens (primary N) is 1. The molecule has 7 nitrogen and oxygen atoms in total. The number of nitrogens with zero attached hydrogens (tertiary/aromatic N) is 5. The monoisotopic (exact) mass is 248 g/mol. The fourth-order valence-electron chi connectivity index (χ4n) is 1.02. The summed E-state index contributed by atoms with van der Waals surface area (Å²) >= 11 is 1.24. The normalized spacial score (nSPS) is 11.4. The molecule has 0 saturated carbocycles. The van der Waals surface area contributed by atoms with Crippen molar-refractivity contribution in [3.8, 4) is 0 Å². The number of hydrogen-bond acceptors (Lipinski definition) is 7. The third-order valence-electron chi connectivity index (χ3n) is 1.74. The first kappa shape index (κ1) is 11.3. The average Bonchev–Trinajstić information content (AvgIpc) is 2.39. The molecule has 0 aliphatic rings. The van der Waals surface area contributed by atoms with E-state index in [0.717, 1.165) is 0 Å². The van der Waals surface area contributed by atoms with Crippen LogP contribution in [0.5, 0.6) is 0 Å². The fourth-order valence-corrected chi connectivity index (χ4v) is 1.69. The minimum Gasteiger partial charge on any atom is -0.409 e. The quantitative estimate of drug-likeness (QED) is 0.268. The van der Waals surface area contributed by atoms with Crippen LogP contribution in [0.4, 0.5) is 0 Å². The Morgan fingerprint density at radius 3 is 2.88 bits per heavy atom. The van der Waals surface area contributed by atoms with Crippen LogP contribution < -0.4 is 5.73 Å². The molecule has 0 radical (unpaired) electrons. The van der Waals surface area contributed by atoms with E-state index in [-0.39, 0.29) is 5.84 Å². The highest BCUT2D eigenvalue weighted by Gasteiger charge is 2.05. The van der Waals surface area contributed by atoms with Gasteiger partial charge in [0.1, 0.15) is 10.7 Å². The molecule has 0 bridgehead atoms. The summed E-state index contributed by atoms with van der Waals surface area (Å²) < 4.78 is 0. The van der Waals surface area contributed by atoms with E-state index >= 15 is 0 Å². The van der Waals surface area contributed by atoms with Crippen molar-refractivity contribution in [2.75, 3.05) is 0 Å². The minimum absolute atomic E-state index is 0.0617. The van der Waals surface area contributed by atoms with Crippen molar-refractivity contribution in [2.45, 2.75) is 10.2 Å². The Balaban J connectivity index is 2.23. The number of rotatable bonds is 3. The van der Waals surface area contributed by atoms with Gasteiger partial charge in [-0.25, -0.2) is 15.0 Å². The summed E-state index contributed by atoms with van der Waals surface area (Å²) in [6.45, 7) is 0. The molecule has 2 aromatic heterocycles. The first-order valence-corrected chi connectivity index (χ1v) is 5.36. The van der Waals surface area contributed by atoms with E-state index in [1.54, 1.807) is 24.7 Å². The maximum atomic E-state index is 8.54. The summed E-state index contributed by atoms with van der Waals surface area (Å²) in [6.07, 6.45) is 6.29. The smallest absolute Gasteiger partial charge is 0.194 e. The largest absolute Gasteiger partial charge is 0.409 e. The Morgan fingerprint density at radius 1 is 1.29 bits per heavy atom. The summed E-state index contributed by atoms with van der Waals surface area (Å²) in [5.41, 5.74) is 5.78. The molecular weight excluding hydrogens is 240 g/mol. The number of oxime groups is 1. The van der Waals surface area contributed by atoms with Crippen LogP contribution in [0.2, 0.25) is 0 Å². The Kier molecular flexibility index (Phi) is 3.46. The summed E-state index contributed by atoms with van der Waals surface area (Å²) in [5, 5.41) is 12.5. The first-order valence-electron chi connectivity index (χ1n) is 4.54. The lowest BCUT2D eigenvalue weighted by atomic mass is 10.4. The van der Waals surface area contributed by atoms with Crippen molar-refractivity contribution < 1.29 is 5.21 Å². The third kappa shape index (κ3) is 2.88. The number of amidine groups is 1. The third-order valence-corrected chi connectivity index (χ3v) is 2.54. The van der Waals surface area contributed by atoms with Crippen molar-refractivity contribution in [1.29, 1.82) is 0 Å². The van der Waals surface area contributed by atoms with E-state index in [2.05, 4.69) is 25.1 Å². The lowest BCUT2D eigenvalue weighted by Gasteiger charge is -2.00. The van der Waals surface area contributed by atoms with Gasteiger partial charge in [0.05, 0.1) is 6.20 Å². The topological polar surface area (TPSA) is 110 Å². The van der Waals surface area contributed by atoms with Gasteiger partial charge in [0.2, 0.25) is 0 Å². The van der Waals surface area contributed by atoms with Crippen LogP contribution >= 0.6 is 11.8 Å². The van der Waals surface area contributed by atoms with Crippen molar-refractivity contribution in [1.82, 2.24) is 19.9 Å². The van der Waals surface area contributed by atoms with Crippen LogP contribution in [-0.4, -0.2) is 31.0 Å². The molecule has 2 aromatic rings. The molecule has 0 aliphatic heterocycles. The van der Waals surface area contributed by atoms with Gasteiger partial charge in [-0.15, -0.1) is 0 Å². The SMILES string of the molecule is N/C(=N/O)c1ccnc(Sc2cnccn2)n1. The van der Waals surface area contributed by atoms with E-state index in [9.17, 15) is 0 Å². The zero-order chi connectivity index (χ0) is 12.1. The van der Waals surface area contributed by atoms with E-state index in [0.29, 0.717) is 15.9 Å². The molecule has 2 heterocycles. The zero-order valence-electron chi connectivity index (χ0n) is 8.56. The molecule has 0 atom stereocenters. The lowest BCUT2D eigenvalue weighted by Crippen LogP contribution is -2.15. The van der Waals surface area contributed by atoms with Crippen molar-refractivity contribution in [3.05, 3.63) is 36.5 Å². The second kappa shape index (κ2) is 5.21. The van der Waals surface area contributed by atoms with Gasteiger partial charge in [-0.2, -0.15) is 0 Å². The van der Waals surface area contributed by atoms with Crippen LogP contribution in [0.25, 0.3) is 0 Å². The fraction of sp³-hybridized carbons (Fsp3) is 0. The highest BCUT2D eigenvalue weighted by atomic mass is 32.2. The van der Waals surface area contributed by atoms with Gasteiger partial charge in [-0.3, -0.25) is 4.98 Å². The molecule has 0 spiro atoms. The van der Waals surface area contributed by atoms with Gasteiger partial charge in [0.15, 0.2) is 11.0 Å². The standard InChI is InChI=1S/C9H8N6OS/c10-8(15-16)6-1-2-13-9(14-6)17-7-5-11-3-4-12-7/h1-5,16H,(H2,10,15). The highest BCUT2D eigenvalue weighted by Crippen LogP contribution is 2.20. The maximum Gasteiger partial charge on any atom is 0.194 e. The second-order valence-electron chi connectivity index (χ2n) is 2.86. The molecule has 3 N–H and O–H groups in total. The number of aromatic nitrogens is 4. The van der Waals surface area contributed by atoms with Crippen molar-refractivity contribution >= 4 is 17.6 Å². The van der Waals surface area contributed by atoms with Gasteiger partial charge in [0, 0.05) is 18.6 Å². The van der Waals surface area contributed by atoms with Gasteiger partial charge in [0.25, 0.3) is 0 Å².